The summed E-state index contributed by atoms with van der Waals surface area (Å²) in [6.45, 7) is 3.88. The molecule has 1 saturated carbocycles. The van der Waals surface area contributed by atoms with Crippen LogP contribution in [0.4, 0.5) is 20.3 Å². The number of pyridine rings is 1. The van der Waals surface area contributed by atoms with Gasteiger partial charge in [0.15, 0.2) is 5.82 Å². The van der Waals surface area contributed by atoms with Crippen molar-refractivity contribution in [2.45, 2.75) is 50.5 Å². The molecule has 40 heavy (non-hydrogen) atoms. The van der Waals surface area contributed by atoms with Gasteiger partial charge in [-0.3, -0.25) is 19.3 Å². The van der Waals surface area contributed by atoms with Gasteiger partial charge in [0, 0.05) is 56.9 Å². The number of halogens is 3. The Morgan fingerprint density at radius 3 is 2.60 bits per heavy atom. The summed E-state index contributed by atoms with van der Waals surface area (Å²) in [6.07, 6.45) is 3.20. The highest BCUT2D eigenvalue weighted by molar-refractivity contribution is 6.30. The van der Waals surface area contributed by atoms with Crippen molar-refractivity contribution in [3.8, 4) is 0 Å². The number of hydrogen-bond acceptors (Lipinski definition) is 5. The van der Waals surface area contributed by atoms with Crippen LogP contribution in [0.25, 0.3) is 0 Å². The molecule has 3 aromatic rings. The molecule has 3 aliphatic rings. The molecule has 0 atom stereocenters. The first kappa shape index (κ1) is 26.7. The normalized spacial score (nSPS) is 21.6. The third-order valence-corrected chi connectivity index (χ3v) is 8.72. The molecule has 0 radical (unpaired) electrons. The van der Waals surface area contributed by atoms with Gasteiger partial charge < -0.3 is 15.1 Å². The van der Waals surface area contributed by atoms with E-state index < -0.39 is 23.4 Å². The van der Waals surface area contributed by atoms with Crippen LogP contribution in [0.1, 0.15) is 59.3 Å². The van der Waals surface area contributed by atoms with Gasteiger partial charge in [0.25, 0.3) is 12.3 Å². The fraction of sp³-hybridized carbons (Fsp3) is 0.448. The lowest BCUT2D eigenvalue weighted by Crippen LogP contribution is -2.64. The molecule has 1 aromatic carbocycles. The highest BCUT2D eigenvalue weighted by atomic mass is 35.5. The van der Waals surface area contributed by atoms with Gasteiger partial charge in [-0.2, -0.15) is 5.10 Å². The van der Waals surface area contributed by atoms with Gasteiger partial charge in [-0.05, 0) is 56.2 Å². The summed E-state index contributed by atoms with van der Waals surface area (Å²) in [5.41, 5.74) is 1.89. The van der Waals surface area contributed by atoms with Gasteiger partial charge in [0.05, 0.1) is 10.6 Å². The summed E-state index contributed by atoms with van der Waals surface area (Å²) in [7, 11) is 1.88. The second kappa shape index (κ2) is 10.1. The largest absolute Gasteiger partial charge is 0.352 e. The van der Waals surface area contributed by atoms with Gasteiger partial charge in [-0.25, -0.2) is 8.78 Å². The molecular weight excluding hydrogens is 538 g/mol. The van der Waals surface area contributed by atoms with Crippen LogP contribution in [-0.4, -0.2) is 52.3 Å². The van der Waals surface area contributed by atoms with Gasteiger partial charge in [-0.15, -0.1) is 0 Å². The van der Waals surface area contributed by atoms with Crippen molar-refractivity contribution < 1.29 is 18.4 Å². The number of fused-ring (bicyclic) bond motifs is 2. The van der Waals surface area contributed by atoms with E-state index in [9.17, 15) is 18.4 Å². The molecule has 2 fully saturated rings. The van der Waals surface area contributed by atoms with E-state index in [1.54, 1.807) is 4.68 Å². The number of benzene rings is 1. The van der Waals surface area contributed by atoms with Gasteiger partial charge in [0.1, 0.15) is 11.1 Å². The van der Waals surface area contributed by atoms with E-state index in [2.05, 4.69) is 45.4 Å². The summed E-state index contributed by atoms with van der Waals surface area (Å²) in [5.74, 6) is 0.710. The fourth-order valence-electron chi connectivity index (χ4n) is 6.39. The summed E-state index contributed by atoms with van der Waals surface area (Å²) in [5, 5.41) is 7.53. The Kier molecular flexibility index (Phi) is 6.76. The lowest BCUT2D eigenvalue weighted by molar-refractivity contribution is -0.124. The van der Waals surface area contributed by atoms with Crippen LogP contribution >= 0.6 is 11.6 Å². The van der Waals surface area contributed by atoms with Crippen LogP contribution in [0.2, 0.25) is 5.02 Å². The van der Waals surface area contributed by atoms with E-state index >= 15 is 0 Å². The third-order valence-electron chi connectivity index (χ3n) is 8.52. The SMILES string of the molecule is Cc1ccc2c(c1)C1(CN(c3ccn(C)n3)C1)C(=O)N2C[C@H]1CC[C@H](NC(=O)c2cc(Cl)cnc2C(F)F)CC1. The maximum atomic E-state index is 14.0. The summed E-state index contributed by atoms with van der Waals surface area (Å²) in [4.78, 5) is 34.5. The number of carbonyl (C=O) groups is 2. The Bertz CT molecular complexity index is 1460. The van der Waals surface area contributed by atoms with Crippen LogP contribution < -0.4 is 15.1 Å². The molecule has 4 heterocycles. The minimum atomic E-state index is -2.87. The zero-order valence-corrected chi connectivity index (χ0v) is 23.2. The number of nitrogens with one attached hydrogen (secondary N) is 1. The predicted molar refractivity (Wildman–Crippen MR) is 148 cm³/mol. The Balaban J connectivity index is 1.11. The molecule has 8 nitrogen and oxygen atoms in total. The van der Waals surface area contributed by atoms with E-state index in [0.29, 0.717) is 32.5 Å². The third kappa shape index (κ3) is 4.62. The average Bonchev–Trinajstić information content (AvgIpc) is 3.42. The van der Waals surface area contributed by atoms with Crippen molar-refractivity contribution in [3.05, 3.63) is 70.1 Å². The highest BCUT2D eigenvalue weighted by Gasteiger charge is 2.58. The van der Waals surface area contributed by atoms with E-state index in [1.807, 2.05) is 24.2 Å². The van der Waals surface area contributed by atoms with Crippen LogP contribution in [0.15, 0.2) is 42.7 Å². The first-order chi connectivity index (χ1) is 19.1. The number of anilines is 2. The van der Waals surface area contributed by atoms with Crippen LogP contribution in [0.3, 0.4) is 0 Å². The predicted octanol–water partition coefficient (Wildman–Crippen LogP) is 4.81. The summed E-state index contributed by atoms with van der Waals surface area (Å²) < 4.78 is 28.5. The summed E-state index contributed by atoms with van der Waals surface area (Å²) in [6, 6.07) is 9.33. The number of rotatable bonds is 6. The molecule has 1 aliphatic carbocycles. The maximum Gasteiger partial charge on any atom is 0.281 e. The fourth-order valence-corrected chi connectivity index (χ4v) is 6.55. The minimum absolute atomic E-state index is 0.136. The molecule has 210 valence electrons. The number of aryl methyl sites for hydroxylation is 2. The van der Waals surface area contributed by atoms with Crippen molar-refractivity contribution in [2.24, 2.45) is 13.0 Å². The molecular formula is C29H31ClF2N6O2. The minimum Gasteiger partial charge on any atom is -0.352 e. The van der Waals surface area contributed by atoms with Crippen molar-refractivity contribution in [2.75, 3.05) is 29.4 Å². The molecule has 2 amide bonds. The molecule has 11 heteroatoms. The second-order valence-electron chi connectivity index (χ2n) is 11.3. The van der Waals surface area contributed by atoms with Crippen molar-refractivity contribution in [1.82, 2.24) is 20.1 Å². The molecule has 1 saturated heterocycles. The average molecular weight is 569 g/mol. The van der Waals surface area contributed by atoms with E-state index in [-0.39, 0.29) is 28.5 Å². The Morgan fingerprint density at radius 1 is 1.18 bits per heavy atom. The Labute approximate surface area is 236 Å². The number of carbonyl (C=O) groups excluding carboxylic acids is 2. The van der Waals surface area contributed by atoms with Crippen LogP contribution in [-0.2, 0) is 17.3 Å². The van der Waals surface area contributed by atoms with E-state index in [1.165, 1.54) is 6.07 Å². The second-order valence-corrected chi connectivity index (χ2v) is 11.7. The Hall–Kier alpha value is -3.53. The maximum absolute atomic E-state index is 14.0. The molecule has 0 unspecified atom stereocenters. The number of aromatic nitrogens is 3. The zero-order valence-electron chi connectivity index (χ0n) is 22.4. The Morgan fingerprint density at radius 2 is 1.93 bits per heavy atom. The number of hydrogen-bond donors (Lipinski definition) is 1. The zero-order chi connectivity index (χ0) is 28.2. The van der Waals surface area contributed by atoms with Crippen LogP contribution in [0.5, 0.6) is 0 Å². The molecule has 6 rings (SSSR count). The van der Waals surface area contributed by atoms with Gasteiger partial charge >= 0.3 is 0 Å². The van der Waals surface area contributed by atoms with E-state index in [4.69, 9.17) is 11.6 Å². The highest BCUT2D eigenvalue weighted by Crippen LogP contribution is 2.49. The van der Waals surface area contributed by atoms with Crippen LogP contribution in [0, 0.1) is 12.8 Å². The first-order valence-electron chi connectivity index (χ1n) is 13.6. The lowest BCUT2D eigenvalue weighted by atomic mass is 9.74. The summed E-state index contributed by atoms with van der Waals surface area (Å²) >= 11 is 5.91. The van der Waals surface area contributed by atoms with Gasteiger partial charge in [-0.1, -0.05) is 29.3 Å². The molecule has 2 aliphatic heterocycles. The lowest BCUT2D eigenvalue weighted by Gasteiger charge is -2.47. The quantitative estimate of drug-likeness (QED) is 0.461. The van der Waals surface area contributed by atoms with Crippen molar-refractivity contribution in [1.29, 1.82) is 0 Å². The molecule has 0 bridgehead atoms. The van der Waals surface area contributed by atoms with Gasteiger partial charge in [0.2, 0.25) is 5.91 Å². The standard InChI is InChI=1S/C29H31ClF2N6O2/c1-17-3-8-23-22(11-17)29(15-37(16-29)24-9-10-36(2)35-24)28(40)38(23)14-18-4-6-20(7-5-18)34-27(39)21-12-19(30)13-33-25(21)26(31)32/h3,8-13,18,20,26H,4-7,14-16H2,1-2H3,(H,34,39)/t18-,20-. The number of nitrogens with zero attached hydrogens (tertiary/aromatic N) is 5. The smallest absolute Gasteiger partial charge is 0.281 e. The van der Waals surface area contributed by atoms with Crippen molar-refractivity contribution in [3.63, 3.8) is 0 Å². The molecule has 1 spiro atoms. The van der Waals surface area contributed by atoms with E-state index in [0.717, 1.165) is 41.7 Å². The molecule has 1 N–H and O–H groups in total. The topological polar surface area (TPSA) is 83.4 Å². The molecule has 2 aromatic heterocycles. The monoisotopic (exact) mass is 568 g/mol. The van der Waals surface area contributed by atoms with Crippen molar-refractivity contribution >= 4 is 34.9 Å². The number of amides is 2. The number of alkyl halides is 2. The first-order valence-corrected chi connectivity index (χ1v) is 13.9.